The zero-order valence-electron chi connectivity index (χ0n) is 21.0. The molecule has 17 heteroatoms. The summed E-state index contributed by atoms with van der Waals surface area (Å²) in [6, 6.07) is -3.46. The number of nitrogens with one attached hydrogen (secondary N) is 3. The zero-order valence-corrected chi connectivity index (χ0v) is 21.9. The van der Waals surface area contributed by atoms with E-state index in [2.05, 4.69) is 15.5 Å². The van der Waals surface area contributed by atoms with E-state index in [0.29, 0.717) is 4.90 Å². The number of ether oxygens (including phenoxy) is 3. The van der Waals surface area contributed by atoms with Crippen LogP contribution in [0.1, 0.15) is 34.6 Å². The van der Waals surface area contributed by atoms with Gasteiger partial charge in [-0.05, 0) is 40.7 Å². The number of nitrogens with zero attached hydrogens (tertiary/aromatic N) is 1. The predicted octanol–water partition coefficient (Wildman–Crippen LogP) is -0.815. The van der Waals surface area contributed by atoms with Crippen LogP contribution in [0.5, 0.6) is 0 Å². The number of esters is 2. The molecule has 2 aliphatic rings. The first-order valence-electron chi connectivity index (χ1n) is 11.5. The number of aliphatic hydroxyl groups is 3. The first kappa shape index (κ1) is 31.1. The number of rotatable bonds is 12. The number of carbonyl (C=O) groups excluding carboxylic acids is 3. The van der Waals surface area contributed by atoms with Crippen LogP contribution < -0.4 is 15.5 Å². The van der Waals surface area contributed by atoms with Gasteiger partial charge in [0.15, 0.2) is 6.23 Å². The number of urea groups is 1. The Bertz CT molecular complexity index is 908. The number of aliphatic hydroxyl groups excluding tert-OH is 2. The summed E-state index contributed by atoms with van der Waals surface area (Å²) in [5, 5.41) is 37.6. The average Bonchev–Trinajstić information content (AvgIpc) is 2.98. The zero-order chi connectivity index (χ0) is 28.2. The number of amides is 2. The molecule has 0 radical (unpaired) electrons. The Hall–Kier alpha value is -2.17. The molecule has 2 rings (SSSR count). The van der Waals surface area contributed by atoms with Gasteiger partial charge in [0.1, 0.15) is 36.6 Å². The second-order valence-corrected chi connectivity index (χ2v) is 10.4. The number of halogens is 1. The second-order valence-electron chi connectivity index (χ2n) is 8.56. The quantitative estimate of drug-likeness (QED) is 0.129. The summed E-state index contributed by atoms with van der Waals surface area (Å²) in [6.07, 6.45) is -3.31. The van der Waals surface area contributed by atoms with Crippen molar-refractivity contribution in [3.05, 3.63) is 12.3 Å². The molecule has 7 atom stereocenters. The summed E-state index contributed by atoms with van der Waals surface area (Å²) >= 11 is 0. The third kappa shape index (κ3) is 7.23. The van der Waals surface area contributed by atoms with Crippen molar-refractivity contribution in [1.29, 1.82) is 0 Å². The number of hydrogen-bond donors (Lipinski definition) is 6. The summed E-state index contributed by atoms with van der Waals surface area (Å²) in [4.78, 5) is 37.0. The first-order valence-corrected chi connectivity index (χ1v) is 13.1. The molecule has 212 valence electrons. The summed E-state index contributed by atoms with van der Waals surface area (Å²) in [5.41, 5.74) is -2.40. The van der Waals surface area contributed by atoms with E-state index < -0.39 is 74.3 Å². The molecule has 2 amide bonds. The fraction of sp³-hybridized carbons (Fsp3) is 0.750. The van der Waals surface area contributed by atoms with Gasteiger partial charge in [0, 0.05) is 6.20 Å². The van der Waals surface area contributed by atoms with Gasteiger partial charge < -0.3 is 34.8 Å². The molecule has 6 N–H and O–H groups in total. The van der Waals surface area contributed by atoms with Crippen LogP contribution in [0.15, 0.2) is 12.3 Å². The molecule has 1 saturated heterocycles. The predicted molar refractivity (Wildman–Crippen MR) is 123 cm³/mol. The molecule has 1 fully saturated rings. The fourth-order valence-electron chi connectivity index (χ4n) is 3.51. The summed E-state index contributed by atoms with van der Waals surface area (Å²) in [7, 11) is -4.48. The SMILES string of the molecule is CCOC(=O)[C@H](C)NP(=O)(N[C@@H](C)C(=O)OCC)OC[C@@]1(F)O[C@@H](N2C=CC(O)NC2=O)[C@](C)(O)[C@@H]1O. The highest BCUT2D eigenvalue weighted by Crippen LogP contribution is 2.46. The maximum absolute atomic E-state index is 15.8. The van der Waals surface area contributed by atoms with Crippen LogP contribution in [0.25, 0.3) is 0 Å². The Balaban J connectivity index is 2.26. The van der Waals surface area contributed by atoms with E-state index in [1.54, 1.807) is 13.8 Å². The van der Waals surface area contributed by atoms with Gasteiger partial charge in [-0.3, -0.25) is 23.6 Å². The van der Waals surface area contributed by atoms with Gasteiger partial charge in [0.05, 0.1) is 13.2 Å². The van der Waals surface area contributed by atoms with Crippen LogP contribution in [-0.2, 0) is 32.9 Å². The lowest BCUT2D eigenvalue weighted by molar-refractivity contribution is -0.204. The first-order chi connectivity index (χ1) is 17.1. The Morgan fingerprint density at radius 3 is 2.19 bits per heavy atom. The van der Waals surface area contributed by atoms with E-state index in [1.165, 1.54) is 13.8 Å². The van der Waals surface area contributed by atoms with E-state index >= 15 is 4.39 Å². The minimum absolute atomic E-state index is 0.0162. The van der Waals surface area contributed by atoms with Crippen LogP contribution in [0.2, 0.25) is 0 Å². The smallest absolute Gasteiger partial charge is 0.342 e. The van der Waals surface area contributed by atoms with Crippen molar-refractivity contribution in [1.82, 2.24) is 20.4 Å². The second kappa shape index (κ2) is 12.1. The molecular weight excluding hydrogens is 522 g/mol. The van der Waals surface area contributed by atoms with Gasteiger partial charge in [0.25, 0.3) is 5.85 Å². The molecule has 0 saturated carbocycles. The summed E-state index contributed by atoms with van der Waals surface area (Å²) in [6.45, 7) is 5.41. The van der Waals surface area contributed by atoms with Crippen molar-refractivity contribution < 1.29 is 57.4 Å². The molecule has 0 aromatic heterocycles. The van der Waals surface area contributed by atoms with Crippen molar-refractivity contribution >= 4 is 25.6 Å². The molecule has 15 nitrogen and oxygen atoms in total. The molecule has 0 bridgehead atoms. The lowest BCUT2D eigenvalue weighted by Crippen LogP contribution is -2.57. The molecule has 1 unspecified atom stereocenters. The van der Waals surface area contributed by atoms with E-state index in [0.717, 1.165) is 19.2 Å². The maximum Gasteiger partial charge on any atom is 0.342 e. The van der Waals surface area contributed by atoms with Gasteiger partial charge in [-0.15, -0.1) is 0 Å². The van der Waals surface area contributed by atoms with Crippen LogP contribution in [-0.4, -0.2) is 100 Å². The lowest BCUT2D eigenvalue weighted by atomic mass is 9.95. The van der Waals surface area contributed by atoms with Crippen LogP contribution >= 0.6 is 7.67 Å². The highest BCUT2D eigenvalue weighted by molar-refractivity contribution is 7.54. The van der Waals surface area contributed by atoms with Crippen LogP contribution in [0, 0.1) is 0 Å². The Morgan fingerprint density at radius 1 is 1.22 bits per heavy atom. The van der Waals surface area contributed by atoms with Crippen LogP contribution in [0.4, 0.5) is 9.18 Å². The molecule has 0 spiro atoms. The average molecular weight is 556 g/mol. The summed E-state index contributed by atoms with van der Waals surface area (Å²) < 4.78 is 49.5. The third-order valence-electron chi connectivity index (χ3n) is 5.41. The van der Waals surface area contributed by atoms with Crippen LogP contribution in [0.3, 0.4) is 0 Å². The van der Waals surface area contributed by atoms with E-state index in [-0.39, 0.29) is 13.2 Å². The minimum atomic E-state index is -4.48. The monoisotopic (exact) mass is 556 g/mol. The van der Waals surface area contributed by atoms with Gasteiger partial charge in [-0.2, -0.15) is 0 Å². The standard InChI is InChI=1S/C20H34FN4O11P/c1-6-33-14(27)11(3)23-37(32,24-12(4)15(28)34-7-2)35-10-20(21)16(29)19(5,31)17(36-20)25-9-8-13(26)22-18(25)30/h8-9,11-13,16-17,26,29,31H,6-7,10H2,1-5H3,(H,22,30)(H2,23,24,32)/t11-,12-,13?,16-,17+,19+,20+/m0/s1. The van der Waals surface area contributed by atoms with Gasteiger partial charge in [0.2, 0.25) is 0 Å². The lowest BCUT2D eigenvalue weighted by Gasteiger charge is -2.35. The van der Waals surface area contributed by atoms with Gasteiger partial charge >= 0.3 is 25.6 Å². The van der Waals surface area contributed by atoms with E-state index in [4.69, 9.17) is 18.7 Å². The molecule has 2 aliphatic heterocycles. The van der Waals surface area contributed by atoms with Crippen molar-refractivity contribution in [2.45, 2.75) is 76.7 Å². The minimum Gasteiger partial charge on any atom is -0.465 e. The molecule has 37 heavy (non-hydrogen) atoms. The number of carbonyl (C=O) groups is 3. The Labute approximate surface area is 212 Å². The number of hydrogen-bond acceptors (Lipinski definition) is 11. The highest BCUT2D eigenvalue weighted by Gasteiger charge is 2.65. The van der Waals surface area contributed by atoms with Gasteiger partial charge in [-0.25, -0.2) is 19.4 Å². The normalized spacial score (nSPS) is 31.5. The van der Waals surface area contributed by atoms with E-state index in [9.17, 15) is 34.3 Å². The maximum atomic E-state index is 15.8. The van der Waals surface area contributed by atoms with E-state index in [1.807, 2.05) is 0 Å². The summed E-state index contributed by atoms with van der Waals surface area (Å²) in [5.74, 6) is -4.87. The number of alkyl halides is 1. The molecule has 0 aromatic carbocycles. The molecular formula is C20H34FN4O11P. The molecule has 0 aromatic rings. The third-order valence-corrected chi connectivity index (χ3v) is 7.35. The Morgan fingerprint density at radius 2 is 1.73 bits per heavy atom. The van der Waals surface area contributed by atoms with Gasteiger partial charge in [-0.1, -0.05) is 0 Å². The molecule has 2 heterocycles. The fourth-order valence-corrected chi connectivity index (χ4v) is 5.32. The van der Waals surface area contributed by atoms with Crippen molar-refractivity contribution in [2.24, 2.45) is 0 Å². The largest absolute Gasteiger partial charge is 0.465 e. The Kier molecular flexibility index (Phi) is 10.2. The molecule has 0 aliphatic carbocycles. The topological polar surface area (TPSA) is 205 Å². The van der Waals surface area contributed by atoms with Crippen molar-refractivity contribution in [2.75, 3.05) is 19.8 Å². The van der Waals surface area contributed by atoms with Crippen molar-refractivity contribution in [3.8, 4) is 0 Å². The van der Waals surface area contributed by atoms with Crippen molar-refractivity contribution in [3.63, 3.8) is 0 Å². The highest BCUT2D eigenvalue weighted by atomic mass is 31.2.